The van der Waals surface area contributed by atoms with Crippen LogP contribution in [0.25, 0.3) is 0 Å². The molecule has 0 atom stereocenters. The van der Waals surface area contributed by atoms with Crippen molar-refractivity contribution in [3.05, 3.63) is 53.6 Å². The maximum absolute atomic E-state index is 12.3. The van der Waals surface area contributed by atoms with Gasteiger partial charge in [-0.1, -0.05) is 29.8 Å². The van der Waals surface area contributed by atoms with Crippen LogP contribution < -0.4 is 14.4 Å². The van der Waals surface area contributed by atoms with Gasteiger partial charge in [-0.05, 0) is 30.3 Å². The number of ether oxygens (including phenoxy) is 2. The Bertz CT molecular complexity index is 716. The van der Waals surface area contributed by atoms with Crippen molar-refractivity contribution in [3.63, 3.8) is 0 Å². The first-order chi connectivity index (χ1) is 12.2. The first-order valence-corrected chi connectivity index (χ1v) is 8.59. The molecule has 0 aromatic heterocycles. The van der Waals surface area contributed by atoms with Gasteiger partial charge in [0.25, 0.3) is 5.91 Å². The van der Waals surface area contributed by atoms with E-state index in [0.717, 1.165) is 24.5 Å². The summed E-state index contributed by atoms with van der Waals surface area (Å²) in [5.74, 6) is 1.50. The van der Waals surface area contributed by atoms with E-state index in [1.165, 1.54) is 0 Å². The predicted octanol–water partition coefficient (Wildman–Crippen LogP) is 3.08. The number of hydrogen-bond acceptors (Lipinski definition) is 4. The standard InChI is InChI=1S/C19H21ClN2O3/c1-24-18-8-7-15(20)13-17(18)21-9-11-22(12-10-21)19(23)14-25-16-5-3-2-4-6-16/h2-8,13H,9-12,14H2,1H3. The summed E-state index contributed by atoms with van der Waals surface area (Å²) in [6.07, 6.45) is 0. The van der Waals surface area contributed by atoms with Crippen molar-refractivity contribution >= 4 is 23.2 Å². The second-order valence-electron chi connectivity index (χ2n) is 5.79. The third kappa shape index (κ3) is 4.37. The molecule has 5 nitrogen and oxygen atoms in total. The van der Waals surface area contributed by atoms with Crippen molar-refractivity contribution in [2.45, 2.75) is 0 Å². The van der Waals surface area contributed by atoms with Crippen LogP contribution in [0.3, 0.4) is 0 Å². The van der Waals surface area contributed by atoms with Crippen molar-refractivity contribution in [1.82, 2.24) is 4.90 Å². The Balaban J connectivity index is 1.55. The van der Waals surface area contributed by atoms with Crippen LogP contribution in [-0.2, 0) is 4.79 Å². The van der Waals surface area contributed by atoms with Gasteiger partial charge in [-0.3, -0.25) is 4.79 Å². The number of carbonyl (C=O) groups excluding carboxylic acids is 1. The number of anilines is 1. The highest BCUT2D eigenvalue weighted by molar-refractivity contribution is 6.30. The predicted molar refractivity (Wildman–Crippen MR) is 98.7 cm³/mol. The lowest BCUT2D eigenvalue weighted by atomic mass is 10.2. The monoisotopic (exact) mass is 360 g/mol. The zero-order chi connectivity index (χ0) is 17.6. The zero-order valence-corrected chi connectivity index (χ0v) is 14.9. The molecular formula is C19H21ClN2O3. The molecule has 1 amide bonds. The second kappa shape index (κ2) is 8.12. The summed E-state index contributed by atoms with van der Waals surface area (Å²) in [7, 11) is 1.65. The fraction of sp³-hybridized carbons (Fsp3) is 0.316. The van der Waals surface area contributed by atoms with E-state index in [4.69, 9.17) is 21.1 Å². The van der Waals surface area contributed by atoms with Crippen molar-refractivity contribution in [2.24, 2.45) is 0 Å². The molecule has 0 unspecified atom stereocenters. The van der Waals surface area contributed by atoms with Gasteiger partial charge in [0.1, 0.15) is 11.5 Å². The van der Waals surface area contributed by atoms with Gasteiger partial charge < -0.3 is 19.3 Å². The SMILES string of the molecule is COc1ccc(Cl)cc1N1CCN(C(=O)COc2ccccc2)CC1. The fourth-order valence-corrected chi connectivity index (χ4v) is 3.03. The van der Waals surface area contributed by atoms with Gasteiger partial charge in [0.2, 0.25) is 0 Å². The molecule has 6 heteroatoms. The van der Waals surface area contributed by atoms with E-state index < -0.39 is 0 Å². The first-order valence-electron chi connectivity index (χ1n) is 8.21. The maximum Gasteiger partial charge on any atom is 0.260 e. The summed E-state index contributed by atoms with van der Waals surface area (Å²) in [6.45, 7) is 2.81. The highest BCUT2D eigenvalue weighted by atomic mass is 35.5. The lowest BCUT2D eigenvalue weighted by Crippen LogP contribution is -2.50. The average molecular weight is 361 g/mol. The van der Waals surface area contributed by atoms with Gasteiger partial charge in [-0.2, -0.15) is 0 Å². The van der Waals surface area contributed by atoms with E-state index in [2.05, 4.69) is 4.90 Å². The van der Waals surface area contributed by atoms with E-state index in [9.17, 15) is 4.79 Å². The number of benzene rings is 2. The summed E-state index contributed by atoms with van der Waals surface area (Å²) in [6, 6.07) is 14.9. The Hall–Kier alpha value is -2.40. The molecule has 2 aromatic rings. The fourth-order valence-electron chi connectivity index (χ4n) is 2.86. The molecule has 1 aliphatic heterocycles. The Morgan fingerprint density at radius 2 is 1.80 bits per heavy atom. The molecule has 0 spiro atoms. The minimum atomic E-state index is 0.00145. The van der Waals surface area contributed by atoms with Gasteiger partial charge >= 0.3 is 0 Å². The summed E-state index contributed by atoms with van der Waals surface area (Å²) in [5, 5.41) is 0.672. The van der Waals surface area contributed by atoms with Gasteiger partial charge in [0.15, 0.2) is 6.61 Å². The van der Waals surface area contributed by atoms with E-state index in [-0.39, 0.29) is 12.5 Å². The molecule has 0 aliphatic carbocycles. The Morgan fingerprint density at radius 1 is 1.08 bits per heavy atom. The van der Waals surface area contributed by atoms with Crippen LogP contribution in [0.1, 0.15) is 0 Å². The first kappa shape index (κ1) is 17.4. The lowest BCUT2D eigenvalue weighted by molar-refractivity contribution is -0.133. The molecular weight excluding hydrogens is 340 g/mol. The number of para-hydroxylation sites is 1. The Morgan fingerprint density at radius 3 is 2.48 bits per heavy atom. The van der Waals surface area contributed by atoms with Crippen LogP contribution in [0.4, 0.5) is 5.69 Å². The number of nitrogens with zero attached hydrogens (tertiary/aromatic N) is 2. The largest absolute Gasteiger partial charge is 0.495 e. The third-order valence-electron chi connectivity index (χ3n) is 4.22. The molecule has 3 rings (SSSR count). The summed E-state index contributed by atoms with van der Waals surface area (Å²) in [4.78, 5) is 16.3. The number of halogens is 1. The van der Waals surface area contributed by atoms with Gasteiger partial charge in [-0.25, -0.2) is 0 Å². The van der Waals surface area contributed by atoms with Crippen molar-refractivity contribution < 1.29 is 14.3 Å². The molecule has 0 saturated carbocycles. The molecule has 0 N–H and O–H groups in total. The van der Waals surface area contributed by atoms with E-state index in [1.54, 1.807) is 7.11 Å². The summed E-state index contributed by atoms with van der Waals surface area (Å²) < 4.78 is 11.0. The van der Waals surface area contributed by atoms with E-state index in [1.807, 2.05) is 53.4 Å². The molecule has 1 heterocycles. The van der Waals surface area contributed by atoms with Crippen LogP contribution in [0.15, 0.2) is 48.5 Å². The number of piperazine rings is 1. The third-order valence-corrected chi connectivity index (χ3v) is 4.45. The highest BCUT2D eigenvalue weighted by Gasteiger charge is 2.23. The van der Waals surface area contributed by atoms with Crippen molar-refractivity contribution in [3.8, 4) is 11.5 Å². The number of hydrogen-bond donors (Lipinski definition) is 0. The van der Waals surface area contributed by atoms with Crippen molar-refractivity contribution in [2.75, 3.05) is 44.8 Å². The van der Waals surface area contributed by atoms with Gasteiger partial charge in [0, 0.05) is 31.2 Å². The van der Waals surface area contributed by atoms with Crippen LogP contribution in [0.5, 0.6) is 11.5 Å². The normalized spacial score (nSPS) is 14.3. The number of methoxy groups -OCH3 is 1. The van der Waals surface area contributed by atoms with Crippen LogP contribution in [0, 0.1) is 0 Å². The molecule has 0 radical (unpaired) electrons. The zero-order valence-electron chi connectivity index (χ0n) is 14.2. The van der Waals surface area contributed by atoms with Gasteiger partial charge in [-0.15, -0.1) is 0 Å². The molecule has 1 fully saturated rings. The molecule has 1 saturated heterocycles. The second-order valence-corrected chi connectivity index (χ2v) is 6.22. The van der Waals surface area contributed by atoms with Crippen molar-refractivity contribution in [1.29, 1.82) is 0 Å². The summed E-state index contributed by atoms with van der Waals surface area (Å²) >= 11 is 6.11. The quantitative estimate of drug-likeness (QED) is 0.821. The number of rotatable bonds is 5. The average Bonchev–Trinajstić information content (AvgIpc) is 2.67. The van der Waals surface area contributed by atoms with Crippen LogP contribution in [0.2, 0.25) is 5.02 Å². The molecule has 2 aromatic carbocycles. The van der Waals surface area contributed by atoms with E-state index in [0.29, 0.717) is 23.9 Å². The Kier molecular flexibility index (Phi) is 5.66. The number of carbonyl (C=O) groups is 1. The Labute approximate surface area is 152 Å². The van der Waals surface area contributed by atoms with Gasteiger partial charge in [0.05, 0.1) is 12.8 Å². The smallest absolute Gasteiger partial charge is 0.260 e. The maximum atomic E-state index is 12.3. The minimum absolute atomic E-state index is 0.00145. The minimum Gasteiger partial charge on any atom is -0.495 e. The molecule has 132 valence electrons. The van der Waals surface area contributed by atoms with E-state index >= 15 is 0 Å². The molecule has 25 heavy (non-hydrogen) atoms. The van der Waals surface area contributed by atoms with Crippen LogP contribution >= 0.6 is 11.6 Å². The highest BCUT2D eigenvalue weighted by Crippen LogP contribution is 2.31. The lowest BCUT2D eigenvalue weighted by Gasteiger charge is -2.36. The molecule has 0 bridgehead atoms. The number of amides is 1. The summed E-state index contributed by atoms with van der Waals surface area (Å²) in [5.41, 5.74) is 0.961. The molecule has 1 aliphatic rings. The van der Waals surface area contributed by atoms with Crippen LogP contribution in [-0.4, -0.2) is 50.7 Å². The topological polar surface area (TPSA) is 42.0 Å².